The van der Waals surface area contributed by atoms with E-state index in [1.807, 2.05) is 6.92 Å². The summed E-state index contributed by atoms with van der Waals surface area (Å²) < 4.78 is 21.0. The molecule has 2 aromatic heterocycles. The van der Waals surface area contributed by atoms with E-state index < -0.39 is 23.9 Å². The van der Waals surface area contributed by atoms with Gasteiger partial charge in [0.25, 0.3) is 0 Å². The van der Waals surface area contributed by atoms with Gasteiger partial charge in [0, 0.05) is 35.5 Å². The lowest BCUT2D eigenvalue weighted by atomic mass is 9.97. The monoisotopic (exact) mass is 462 g/mol. The molecule has 34 heavy (non-hydrogen) atoms. The molecule has 1 saturated carbocycles. The van der Waals surface area contributed by atoms with Crippen LogP contribution >= 0.6 is 0 Å². The number of fused-ring (bicyclic) bond motifs is 2. The lowest BCUT2D eigenvalue weighted by Crippen LogP contribution is -2.42. The van der Waals surface area contributed by atoms with Gasteiger partial charge in [0.05, 0.1) is 23.7 Å². The van der Waals surface area contributed by atoms with Gasteiger partial charge in [-0.1, -0.05) is 0 Å². The molecule has 0 spiro atoms. The van der Waals surface area contributed by atoms with Gasteiger partial charge in [0.2, 0.25) is 5.88 Å². The number of nitrogens with zero attached hydrogens (tertiary/aromatic N) is 4. The molecule has 2 atom stereocenters. The highest BCUT2D eigenvalue weighted by molar-refractivity contribution is 5.99. The van der Waals surface area contributed by atoms with Crippen molar-refractivity contribution < 1.29 is 19.0 Å². The Morgan fingerprint density at radius 2 is 2.15 bits per heavy atom. The Kier molecular flexibility index (Phi) is 5.32. The largest absolute Gasteiger partial charge is 0.474 e. The number of nitrogens with one attached hydrogen (secondary N) is 1. The summed E-state index contributed by atoms with van der Waals surface area (Å²) >= 11 is 0. The molecule has 4 N–H and O–H groups in total. The van der Waals surface area contributed by atoms with Crippen molar-refractivity contribution in [2.45, 2.75) is 32.2 Å². The number of halogens is 1. The van der Waals surface area contributed by atoms with Crippen LogP contribution in [0, 0.1) is 30.0 Å². The normalized spacial score (nSPS) is 19.1. The number of pyridine rings is 2. The maximum Gasteiger partial charge on any atom is 0.413 e. The molecule has 174 valence electrons. The highest BCUT2D eigenvalue weighted by atomic mass is 19.1. The van der Waals surface area contributed by atoms with Crippen molar-refractivity contribution in [1.29, 1.82) is 5.26 Å². The Bertz CT molecular complexity index is 1360. The molecule has 10 heteroatoms. The summed E-state index contributed by atoms with van der Waals surface area (Å²) in [6.45, 7) is 2.97. The summed E-state index contributed by atoms with van der Waals surface area (Å²) in [5, 5.41) is 23.5. The third-order valence-electron chi connectivity index (χ3n) is 6.65. The van der Waals surface area contributed by atoms with Gasteiger partial charge < -0.3 is 20.9 Å². The minimum atomic E-state index is -1.19. The number of rotatable bonds is 3. The number of nitrogens with two attached hydrogens (primary N) is 1. The van der Waals surface area contributed by atoms with E-state index in [4.69, 9.17) is 10.5 Å². The molecule has 1 aliphatic heterocycles. The van der Waals surface area contributed by atoms with Crippen LogP contribution in [0.4, 0.5) is 26.4 Å². The summed E-state index contributed by atoms with van der Waals surface area (Å²) in [7, 11) is 0. The molecule has 9 nitrogen and oxygen atoms in total. The van der Waals surface area contributed by atoms with Crippen molar-refractivity contribution in [2.75, 3.05) is 29.1 Å². The van der Waals surface area contributed by atoms with E-state index in [9.17, 15) is 15.2 Å². The molecule has 1 amide bonds. The van der Waals surface area contributed by atoms with Gasteiger partial charge in [-0.05, 0) is 49.3 Å². The molecule has 0 bridgehead atoms. The number of carbonyl (C=O) groups is 1. The van der Waals surface area contributed by atoms with Crippen molar-refractivity contribution >= 4 is 34.1 Å². The molecule has 1 fully saturated rings. The Labute approximate surface area is 195 Å². The number of carboxylic acid groups (broad SMARTS) is 1. The SMILES string of the molecule is Cc1c(-c2cc3cc(N(C(=O)O)[C@H]4CCC[C@H]4C#N)ncc3c(N)c2F)cnc2c1NCCO2. The van der Waals surface area contributed by atoms with Crippen LogP contribution in [0.1, 0.15) is 24.8 Å². The van der Waals surface area contributed by atoms with Gasteiger partial charge in [-0.2, -0.15) is 5.26 Å². The second kappa shape index (κ2) is 8.33. The second-order valence-corrected chi connectivity index (χ2v) is 8.55. The lowest BCUT2D eigenvalue weighted by molar-refractivity contribution is 0.197. The van der Waals surface area contributed by atoms with Gasteiger partial charge in [-0.25, -0.2) is 19.2 Å². The molecular formula is C24H23FN6O3. The molecule has 1 aromatic carbocycles. The number of benzene rings is 1. The lowest BCUT2D eigenvalue weighted by Gasteiger charge is -2.27. The highest BCUT2D eigenvalue weighted by Gasteiger charge is 2.36. The fourth-order valence-corrected chi connectivity index (χ4v) is 4.92. The molecule has 3 aromatic rings. The van der Waals surface area contributed by atoms with Crippen LogP contribution in [-0.2, 0) is 0 Å². The topological polar surface area (TPSA) is 137 Å². The smallest absolute Gasteiger partial charge is 0.413 e. The predicted octanol–water partition coefficient (Wildman–Crippen LogP) is 4.31. The summed E-state index contributed by atoms with van der Waals surface area (Å²) in [5.41, 5.74) is 8.35. The molecular weight excluding hydrogens is 439 g/mol. The number of anilines is 3. The number of nitriles is 1. The van der Waals surface area contributed by atoms with E-state index >= 15 is 4.39 Å². The van der Waals surface area contributed by atoms with Crippen molar-refractivity contribution in [3.05, 3.63) is 35.9 Å². The van der Waals surface area contributed by atoms with Crippen LogP contribution in [-0.4, -0.2) is 40.4 Å². The van der Waals surface area contributed by atoms with Crippen molar-refractivity contribution in [2.24, 2.45) is 5.92 Å². The summed E-state index contributed by atoms with van der Waals surface area (Å²) in [4.78, 5) is 21.9. The Morgan fingerprint density at radius 1 is 1.32 bits per heavy atom. The first-order valence-corrected chi connectivity index (χ1v) is 11.1. The summed E-state index contributed by atoms with van der Waals surface area (Å²) in [6.07, 6.45) is 3.73. The van der Waals surface area contributed by atoms with Crippen LogP contribution in [0.25, 0.3) is 21.9 Å². The van der Waals surface area contributed by atoms with Crippen molar-refractivity contribution in [3.63, 3.8) is 0 Å². The zero-order valence-corrected chi connectivity index (χ0v) is 18.5. The molecule has 2 aliphatic rings. The van der Waals surface area contributed by atoms with Gasteiger partial charge in [0.1, 0.15) is 18.1 Å². The Hall–Kier alpha value is -4.13. The average Bonchev–Trinajstić information content (AvgIpc) is 3.30. The number of nitrogen functional groups attached to an aromatic ring is 1. The standard InChI is InChI=1S/C24H23FN6O3/c1-12-16(10-30-23-22(12)28-5-6-34-23)15-7-14-8-19(29-11-17(14)21(27)20(15)25)31(24(32)33)18-4-2-3-13(18)9-26/h7-8,10-11,13,18,28H,2-6,27H2,1H3,(H,32,33)/t13-,18-/m0/s1. The minimum Gasteiger partial charge on any atom is -0.474 e. The summed E-state index contributed by atoms with van der Waals surface area (Å²) in [5.74, 6) is -0.353. The fraction of sp³-hybridized carbons (Fsp3) is 0.333. The van der Waals surface area contributed by atoms with Gasteiger partial charge in [-0.3, -0.25) is 4.90 Å². The van der Waals surface area contributed by atoms with E-state index in [0.29, 0.717) is 53.9 Å². The van der Waals surface area contributed by atoms with Crippen molar-refractivity contribution in [1.82, 2.24) is 9.97 Å². The van der Waals surface area contributed by atoms with Crippen LogP contribution in [0.15, 0.2) is 24.5 Å². The highest BCUT2D eigenvalue weighted by Crippen LogP contribution is 2.40. The fourth-order valence-electron chi connectivity index (χ4n) is 4.92. The number of hydrogen-bond donors (Lipinski definition) is 3. The van der Waals surface area contributed by atoms with Crippen LogP contribution in [0.2, 0.25) is 0 Å². The minimum absolute atomic E-state index is 0.0782. The maximum atomic E-state index is 15.4. The molecule has 0 saturated heterocycles. The molecule has 0 unspecified atom stereocenters. The zero-order valence-electron chi connectivity index (χ0n) is 18.5. The van der Waals surface area contributed by atoms with Crippen molar-refractivity contribution in [3.8, 4) is 23.1 Å². The van der Waals surface area contributed by atoms with Crippen LogP contribution < -0.4 is 20.7 Å². The molecule has 5 rings (SSSR count). The molecule has 1 aliphatic carbocycles. The van der Waals surface area contributed by atoms with Crippen LogP contribution in [0.5, 0.6) is 5.88 Å². The Morgan fingerprint density at radius 3 is 2.91 bits per heavy atom. The summed E-state index contributed by atoms with van der Waals surface area (Å²) in [6, 6.07) is 4.93. The second-order valence-electron chi connectivity index (χ2n) is 8.55. The number of amides is 1. The third kappa shape index (κ3) is 3.41. The van der Waals surface area contributed by atoms with E-state index in [1.54, 1.807) is 18.3 Å². The quantitative estimate of drug-likeness (QED) is 0.490. The first-order valence-electron chi connectivity index (χ1n) is 11.1. The van der Waals surface area contributed by atoms with Gasteiger partial charge in [0.15, 0.2) is 5.82 Å². The predicted molar refractivity (Wildman–Crippen MR) is 125 cm³/mol. The maximum absolute atomic E-state index is 15.4. The first-order chi connectivity index (χ1) is 16.4. The van der Waals surface area contributed by atoms with Crippen LogP contribution in [0.3, 0.4) is 0 Å². The average molecular weight is 462 g/mol. The third-order valence-corrected chi connectivity index (χ3v) is 6.65. The number of ether oxygens (including phenoxy) is 1. The zero-order chi connectivity index (χ0) is 24.0. The Balaban J connectivity index is 1.65. The van der Waals surface area contributed by atoms with E-state index in [2.05, 4.69) is 21.4 Å². The van der Waals surface area contributed by atoms with E-state index in [-0.39, 0.29) is 17.1 Å². The van der Waals surface area contributed by atoms with Gasteiger partial charge >= 0.3 is 6.09 Å². The van der Waals surface area contributed by atoms with E-state index in [1.165, 1.54) is 6.20 Å². The number of aromatic nitrogens is 2. The van der Waals surface area contributed by atoms with E-state index in [0.717, 1.165) is 16.9 Å². The number of hydrogen-bond acceptors (Lipinski definition) is 7. The van der Waals surface area contributed by atoms with Gasteiger partial charge in [-0.15, -0.1) is 0 Å². The molecule has 3 heterocycles. The first kappa shape index (κ1) is 21.7. The molecule has 0 radical (unpaired) electrons.